The lowest BCUT2D eigenvalue weighted by molar-refractivity contribution is 1.07. The van der Waals surface area contributed by atoms with E-state index < -0.39 is 0 Å². The van der Waals surface area contributed by atoms with Crippen molar-refractivity contribution in [3.63, 3.8) is 0 Å². The summed E-state index contributed by atoms with van der Waals surface area (Å²) in [5.74, 6) is 1.83. The van der Waals surface area contributed by atoms with E-state index in [0.29, 0.717) is 17.5 Å². The van der Waals surface area contributed by atoms with Crippen LogP contribution in [0, 0.1) is 0 Å². The maximum atomic E-state index is 5.13. The first-order valence-electron chi connectivity index (χ1n) is 17.3. The van der Waals surface area contributed by atoms with Crippen LogP contribution in [0.5, 0.6) is 0 Å². The molecule has 0 aliphatic carbocycles. The third kappa shape index (κ3) is 5.34. The summed E-state index contributed by atoms with van der Waals surface area (Å²) < 4.78 is 0. The Morgan fingerprint density at radius 3 is 1.54 bits per heavy atom. The van der Waals surface area contributed by atoms with Crippen LogP contribution in [0.25, 0.3) is 101 Å². The van der Waals surface area contributed by atoms with Gasteiger partial charge in [0.15, 0.2) is 17.5 Å². The second kappa shape index (κ2) is 13.0. The van der Waals surface area contributed by atoms with Gasteiger partial charge in [-0.1, -0.05) is 153 Å². The van der Waals surface area contributed by atoms with E-state index >= 15 is 0 Å². The number of benzene rings is 7. The zero-order valence-electron chi connectivity index (χ0n) is 28.4. The molecule has 0 amide bonds. The van der Waals surface area contributed by atoms with E-state index in [9.17, 15) is 0 Å². The molecule has 0 aliphatic heterocycles. The molecule has 244 valence electrons. The molecule has 0 N–H and O–H groups in total. The average molecular weight is 665 g/mol. The molecule has 0 fully saturated rings. The van der Waals surface area contributed by atoms with E-state index in [1.807, 2.05) is 91.3 Å². The summed E-state index contributed by atoms with van der Waals surface area (Å²) in [5.41, 5.74) is 9.08. The minimum absolute atomic E-state index is 0.592. The number of rotatable bonds is 7. The van der Waals surface area contributed by atoms with Crippen molar-refractivity contribution in [3.05, 3.63) is 182 Å². The van der Waals surface area contributed by atoms with E-state index in [-0.39, 0.29) is 0 Å². The van der Waals surface area contributed by atoms with Gasteiger partial charge in [-0.25, -0.2) is 15.0 Å². The van der Waals surface area contributed by atoms with Crippen molar-refractivity contribution in [1.82, 2.24) is 19.9 Å². The van der Waals surface area contributed by atoms with E-state index in [2.05, 4.69) is 97.0 Å². The van der Waals surface area contributed by atoms with Crippen LogP contribution in [0.2, 0.25) is 0 Å². The number of aromatic nitrogens is 4. The van der Waals surface area contributed by atoms with E-state index in [4.69, 9.17) is 15.0 Å². The van der Waals surface area contributed by atoms with Crippen LogP contribution in [0.15, 0.2) is 171 Å². The standard InChI is InChI=1S/C48H32N4/c1-3-37-38(4-2)42-25-15-24-40(45(42)43-23-14-13-22-41(37)43)34-26-35(44-30-49-29-33-20-11-12-21-39(33)44)28-36(27-34)48-51-46(31-16-7-5-8-17-31)50-47(52-48)32-18-9-6-10-19-32/h3-30H,1-2H2. The minimum Gasteiger partial charge on any atom is -0.263 e. The van der Waals surface area contributed by atoms with Crippen molar-refractivity contribution >= 4 is 44.5 Å². The fourth-order valence-electron chi connectivity index (χ4n) is 7.33. The third-order valence-corrected chi connectivity index (χ3v) is 9.72. The lowest BCUT2D eigenvalue weighted by Crippen LogP contribution is -2.00. The topological polar surface area (TPSA) is 51.6 Å². The molecule has 2 heterocycles. The molecule has 4 heteroatoms. The van der Waals surface area contributed by atoms with Crippen molar-refractivity contribution in [3.8, 4) is 56.4 Å². The van der Waals surface area contributed by atoms with Crippen molar-refractivity contribution in [1.29, 1.82) is 0 Å². The Balaban J connectivity index is 1.37. The summed E-state index contributed by atoms with van der Waals surface area (Å²) in [6, 6.07) is 50.3. The Bertz CT molecular complexity index is 2760. The fourth-order valence-corrected chi connectivity index (χ4v) is 7.33. The van der Waals surface area contributed by atoms with Gasteiger partial charge in [0.25, 0.3) is 0 Å². The first kappa shape index (κ1) is 31.0. The second-order valence-electron chi connectivity index (χ2n) is 12.8. The van der Waals surface area contributed by atoms with Crippen LogP contribution in [0.3, 0.4) is 0 Å². The Kier molecular flexibility index (Phi) is 7.75. The number of hydrogen-bond donors (Lipinski definition) is 0. The summed E-state index contributed by atoms with van der Waals surface area (Å²) in [5, 5.41) is 6.78. The second-order valence-corrected chi connectivity index (χ2v) is 12.8. The molecule has 0 unspecified atom stereocenters. The van der Waals surface area contributed by atoms with Crippen molar-refractivity contribution in [2.75, 3.05) is 0 Å². The van der Waals surface area contributed by atoms with E-state index in [1.165, 1.54) is 0 Å². The summed E-state index contributed by atoms with van der Waals surface area (Å²) in [6.45, 7) is 8.40. The summed E-state index contributed by atoms with van der Waals surface area (Å²) >= 11 is 0. The first-order chi connectivity index (χ1) is 25.7. The van der Waals surface area contributed by atoms with E-state index in [1.54, 1.807) is 0 Å². The molecule has 0 bridgehead atoms. The first-order valence-corrected chi connectivity index (χ1v) is 17.3. The predicted molar refractivity (Wildman–Crippen MR) is 218 cm³/mol. The Labute approximate surface area is 302 Å². The monoisotopic (exact) mass is 664 g/mol. The van der Waals surface area contributed by atoms with Crippen molar-refractivity contribution in [2.45, 2.75) is 0 Å². The highest BCUT2D eigenvalue weighted by Crippen LogP contribution is 2.42. The zero-order chi connectivity index (χ0) is 35.0. The highest BCUT2D eigenvalue weighted by Gasteiger charge is 2.19. The smallest absolute Gasteiger partial charge is 0.164 e. The number of pyridine rings is 1. The van der Waals surface area contributed by atoms with Gasteiger partial charge in [0.1, 0.15) is 0 Å². The van der Waals surface area contributed by atoms with Gasteiger partial charge >= 0.3 is 0 Å². The SMILES string of the molecule is C=Cc1c(C=C)c2cccc(-c3cc(-c4nc(-c5ccccc5)nc(-c5ccccc5)n4)cc(-c4cncc5ccccc45)c3)c2c2ccccc12. The molecule has 52 heavy (non-hydrogen) atoms. The number of fused-ring (bicyclic) bond motifs is 4. The average Bonchev–Trinajstić information content (AvgIpc) is 3.23. The molecule has 2 aromatic heterocycles. The van der Waals surface area contributed by atoms with Crippen LogP contribution in [0.4, 0.5) is 0 Å². The maximum Gasteiger partial charge on any atom is 0.164 e. The predicted octanol–water partition coefficient (Wildman–Crippen LogP) is 12.3. The van der Waals surface area contributed by atoms with Gasteiger partial charge < -0.3 is 0 Å². The minimum atomic E-state index is 0.592. The van der Waals surface area contributed by atoms with Gasteiger partial charge in [-0.05, 0) is 72.9 Å². The number of hydrogen-bond acceptors (Lipinski definition) is 4. The van der Waals surface area contributed by atoms with Crippen LogP contribution in [-0.4, -0.2) is 19.9 Å². The molecule has 0 saturated carbocycles. The molecule has 4 nitrogen and oxygen atoms in total. The molecule has 0 spiro atoms. The van der Waals surface area contributed by atoms with Crippen LogP contribution in [0.1, 0.15) is 11.1 Å². The van der Waals surface area contributed by atoms with Gasteiger partial charge in [-0.15, -0.1) is 0 Å². The number of nitrogens with zero attached hydrogens (tertiary/aromatic N) is 4. The summed E-state index contributed by atoms with van der Waals surface area (Å²) in [6.07, 6.45) is 7.75. The van der Waals surface area contributed by atoms with Gasteiger partial charge in [-0.3, -0.25) is 4.98 Å². The summed E-state index contributed by atoms with van der Waals surface area (Å²) in [4.78, 5) is 19.9. The van der Waals surface area contributed by atoms with Gasteiger partial charge in [0.05, 0.1) is 0 Å². The Morgan fingerprint density at radius 2 is 0.885 bits per heavy atom. The highest BCUT2D eigenvalue weighted by molar-refractivity contribution is 6.20. The van der Waals surface area contributed by atoms with E-state index in [0.717, 1.165) is 82.4 Å². The van der Waals surface area contributed by atoms with Gasteiger partial charge in [0, 0.05) is 40.0 Å². The molecule has 9 aromatic rings. The molecule has 7 aromatic carbocycles. The Hall–Kier alpha value is -7.04. The molecular formula is C48H32N4. The third-order valence-electron chi connectivity index (χ3n) is 9.72. The molecule has 0 saturated heterocycles. The quantitative estimate of drug-likeness (QED) is 0.159. The molecule has 0 radical (unpaired) electrons. The zero-order valence-corrected chi connectivity index (χ0v) is 28.4. The lowest BCUT2D eigenvalue weighted by Gasteiger charge is -2.18. The van der Waals surface area contributed by atoms with Gasteiger partial charge in [-0.2, -0.15) is 0 Å². The van der Waals surface area contributed by atoms with Crippen molar-refractivity contribution in [2.24, 2.45) is 0 Å². The van der Waals surface area contributed by atoms with Crippen molar-refractivity contribution < 1.29 is 0 Å². The molecule has 0 atom stereocenters. The largest absolute Gasteiger partial charge is 0.263 e. The highest BCUT2D eigenvalue weighted by atomic mass is 15.0. The normalized spacial score (nSPS) is 11.2. The van der Waals surface area contributed by atoms with Crippen LogP contribution < -0.4 is 0 Å². The molecule has 0 aliphatic rings. The molecular weight excluding hydrogens is 633 g/mol. The molecule has 9 rings (SSSR count). The maximum absolute atomic E-state index is 5.13. The van der Waals surface area contributed by atoms with Gasteiger partial charge in [0.2, 0.25) is 0 Å². The van der Waals surface area contributed by atoms with Crippen LogP contribution in [-0.2, 0) is 0 Å². The summed E-state index contributed by atoms with van der Waals surface area (Å²) in [7, 11) is 0. The van der Waals surface area contributed by atoms with Crippen LogP contribution >= 0.6 is 0 Å². The lowest BCUT2D eigenvalue weighted by atomic mass is 9.86. The Morgan fingerprint density at radius 1 is 0.385 bits per heavy atom. The fraction of sp³-hybridized carbons (Fsp3) is 0.